The Labute approximate surface area is 196 Å². The first kappa shape index (κ1) is 24.9. The maximum atomic E-state index is 12.7. The van der Waals surface area contributed by atoms with Crippen LogP contribution in [-0.2, 0) is 37.0 Å². The topological polar surface area (TPSA) is 65.1 Å². The van der Waals surface area contributed by atoms with Crippen molar-refractivity contribution in [3.8, 4) is 0 Å². The Kier molecular flexibility index (Phi) is 10.4. The Morgan fingerprint density at radius 1 is 0.848 bits per heavy atom. The Bertz CT molecular complexity index is 785. The van der Waals surface area contributed by atoms with Crippen LogP contribution in [0.2, 0.25) is 0 Å². The molecule has 3 rings (SSSR count). The van der Waals surface area contributed by atoms with Crippen molar-refractivity contribution in [3.05, 3.63) is 71.8 Å². The lowest BCUT2D eigenvalue weighted by molar-refractivity contribution is -0.152. The second-order valence-electron chi connectivity index (χ2n) is 8.46. The lowest BCUT2D eigenvalue weighted by Gasteiger charge is -2.31. The average Bonchev–Trinajstić information content (AvgIpc) is 3.31. The van der Waals surface area contributed by atoms with Gasteiger partial charge in [0.1, 0.15) is 13.2 Å². The fraction of sp³-hybridized carbons (Fsp3) is 0.481. The molecule has 1 aliphatic carbocycles. The van der Waals surface area contributed by atoms with Crippen molar-refractivity contribution in [1.82, 2.24) is 4.90 Å². The molecule has 0 saturated heterocycles. The van der Waals surface area contributed by atoms with E-state index in [0.717, 1.165) is 43.2 Å². The van der Waals surface area contributed by atoms with E-state index in [1.165, 1.54) is 0 Å². The molecule has 6 heteroatoms. The van der Waals surface area contributed by atoms with Crippen LogP contribution in [0.15, 0.2) is 60.7 Å². The number of hydrogen-bond donors (Lipinski definition) is 0. The summed E-state index contributed by atoms with van der Waals surface area (Å²) >= 11 is 0. The summed E-state index contributed by atoms with van der Waals surface area (Å²) < 4.78 is 17.1. The molecule has 0 N–H and O–H groups in total. The first-order valence-electron chi connectivity index (χ1n) is 11.9. The van der Waals surface area contributed by atoms with Crippen LogP contribution in [-0.4, -0.2) is 48.7 Å². The van der Waals surface area contributed by atoms with Gasteiger partial charge in [0.15, 0.2) is 0 Å². The van der Waals surface area contributed by atoms with E-state index in [-0.39, 0.29) is 50.4 Å². The van der Waals surface area contributed by atoms with Gasteiger partial charge in [-0.2, -0.15) is 0 Å². The molecule has 0 unspecified atom stereocenters. The van der Waals surface area contributed by atoms with Crippen LogP contribution >= 0.6 is 0 Å². The second-order valence-corrected chi connectivity index (χ2v) is 8.46. The maximum absolute atomic E-state index is 12.7. The Balaban J connectivity index is 1.59. The van der Waals surface area contributed by atoms with Crippen LogP contribution in [0.1, 0.15) is 50.2 Å². The standard InChI is InChI=1S/C27H35NO5/c1-2-3-17-31-25-16-10-15-24(25)28(18-26(29)32-20-22-11-6-4-7-12-22)19-27(30)33-21-23-13-8-5-9-14-23/h4-9,11-14,24-25H,2-3,10,15-21H2,1H3/t24-,25-/m0/s1. The summed E-state index contributed by atoms with van der Waals surface area (Å²) in [4.78, 5) is 27.2. The van der Waals surface area contributed by atoms with Gasteiger partial charge in [0, 0.05) is 12.6 Å². The Hall–Kier alpha value is -2.70. The zero-order valence-electron chi connectivity index (χ0n) is 19.5. The molecule has 0 bridgehead atoms. The average molecular weight is 454 g/mol. The summed E-state index contributed by atoms with van der Waals surface area (Å²) in [6.07, 6.45) is 4.91. The lowest BCUT2D eigenvalue weighted by atomic mass is 10.1. The molecule has 0 aliphatic heterocycles. The SMILES string of the molecule is CCCCO[C@H]1CCC[C@@H]1N(CC(=O)OCc1ccccc1)CC(=O)OCc1ccccc1. The van der Waals surface area contributed by atoms with Crippen molar-refractivity contribution in [2.45, 2.75) is 64.4 Å². The summed E-state index contributed by atoms with van der Waals surface area (Å²) in [6.45, 7) is 3.33. The molecule has 33 heavy (non-hydrogen) atoms. The largest absolute Gasteiger partial charge is 0.460 e. The second kappa shape index (κ2) is 13.8. The molecule has 0 radical (unpaired) electrons. The van der Waals surface area contributed by atoms with Crippen molar-refractivity contribution in [1.29, 1.82) is 0 Å². The van der Waals surface area contributed by atoms with Crippen molar-refractivity contribution in [2.24, 2.45) is 0 Å². The number of esters is 2. The van der Waals surface area contributed by atoms with Crippen LogP contribution in [0.4, 0.5) is 0 Å². The Morgan fingerprint density at radius 2 is 1.39 bits per heavy atom. The molecule has 2 aromatic carbocycles. The van der Waals surface area contributed by atoms with Crippen molar-refractivity contribution < 1.29 is 23.8 Å². The number of benzene rings is 2. The highest BCUT2D eigenvalue weighted by Crippen LogP contribution is 2.27. The van der Waals surface area contributed by atoms with Gasteiger partial charge in [-0.3, -0.25) is 14.5 Å². The van der Waals surface area contributed by atoms with Gasteiger partial charge in [-0.1, -0.05) is 74.0 Å². The van der Waals surface area contributed by atoms with E-state index < -0.39 is 0 Å². The zero-order valence-corrected chi connectivity index (χ0v) is 19.5. The van der Waals surface area contributed by atoms with Gasteiger partial charge in [0.25, 0.3) is 0 Å². The molecule has 1 saturated carbocycles. The van der Waals surface area contributed by atoms with E-state index >= 15 is 0 Å². The summed E-state index contributed by atoms with van der Waals surface area (Å²) in [5.41, 5.74) is 1.86. The third-order valence-corrected chi connectivity index (χ3v) is 5.87. The predicted octanol–water partition coefficient (Wildman–Crippen LogP) is 4.51. The van der Waals surface area contributed by atoms with Crippen molar-refractivity contribution >= 4 is 11.9 Å². The van der Waals surface area contributed by atoms with Gasteiger partial charge in [-0.25, -0.2) is 0 Å². The van der Waals surface area contributed by atoms with Crippen LogP contribution in [0.5, 0.6) is 0 Å². The molecule has 0 amide bonds. The molecular formula is C27H35NO5. The minimum absolute atomic E-state index is 0.00425. The monoisotopic (exact) mass is 453 g/mol. The first-order valence-corrected chi connectivity index (χ1v) is 11.9. The normalized spacial score (nSPS) is 17.8. The molecule has 0 spiro atoms. The molecule has 0 heterocycles. The summed E-state index contributed by atoms with van der Waals surface area (Å²) in [6, 6.07) is 19.2. The number of carbonyl (C=O) groups excluding carboxylic acids is 2. The predicted molar refractivity (Wildman–Crippen MR) is 126 cm³/mol. The smallest absolute Gasteiger partial charge is 0.320 e. The maximum Gasteiger partial charge on any atom is 0.320 e. The molecule has 178 valence electrons. The molecule has 0 aromatic heterocycles. The highest BCUT2D eigenvalue weighted by molar-refractivity contribution is 5.75. The van der Waals surface area contributed by atoms with Crippen LogP contribution in [0.25, 0.3) is 0 Å². The van der Waals surface area contributed by atoms with E-state index in [2.05, 4.69) is 6.92 Å². The Morgan fingerprint density at radius 3 is 1.91 bits per heavy atom. The summed E-state index contributed by atoms with van der Waals surface area (Å²) in [5, 5.41) is 0. The third kappa shape index (κ3) is 8.63. The molecular weight excluding hydrogens is 418 g/mol. The van der Waals surface area contributed by atoms with E-state index in [1.54, 1.807) is 0 Å². The van der Waals surface area contributed by atoms with E-state index in [0.29, 0.717) is 6.61 Å². The summed E-state index contributed by atoms with van der Waals surface area (Å²) in [5.74, 6) is -0.706. The van der Waals surface area contributed by atoms with Crippen molar-refractivity contribution in [3.63, 3.8) is 0 Å². The third-order valence-electron chi connectivity index (χ3n) is 5.87. The number of hydrogen-bond acceptors (Lipinski definition) is 6. The molecule has 6 nitrogen and oxygen atoms in total. The first-order chi connectivity index (χ1) is 16.2. The van der Waals surface area contributed by atoms with E-state index in [9.17, 15) is 9.59 Å². The fourth-order valence-corrected chi connectivity index (χ4v) is 4.09. The van der Waals surface area contributed by atoms with Crippen LogP contribution < -0.4 is 0 Å². The van der Waals surface area contributed by atoms with Gasteiger partial charge in [0.05, 0.1) is 19.2 Å². The number of carbonyl (C=O) groups is 2. The highest BCUT2D eigenvalue weighted by Gasteiger charge is 2.35. The van der Waals surface area contributed by atoms with Gasteiger partial charge < -0.3 is 14.2 Å². The van der Waals surface area contributed by atoms with Gasteiger partial charge in [-0.05, 0) is 36.8 Å². The zero-order chi connectivity index (χ0) is 23.3. The van der Waals surface area contributed by atoms with Gasteiger partial charge in [-0.15, -0.1) is 0 Å². The lowest BCUT2D eigenvalue weighted by Crippen LogP contribution is -2.47. The summed E-state index contributed by atoms with van der Waals surface area (Å²) in [7, 11) is 0. The van der Waals surface area contributed by atoms with Gasteiger partial charge >= 0.3 is 11.9 Å². The molecule has 2 aromatic rings. The quantitative estimate of drug-likeness (QED) is 0.328. The van der Waals surface area contributed by atoms with Crippen molar-refractivity contribution in [2.75, 3.05) is 19.7 Å². The fourth-order valence-electron chi connectivity index (χ4n) is 4.09. The molecule has 1 aliphatic rings. The number of ether oxygens (including phenoxy) is 3. The van der Waals surface area contributed by atoms with E-state index in [4.69, 9.17) is 14.2 Å². The molecule has 2 atom stereocenters. The molecule has 1 fully saturated rings. The van der Waals surface area contributed by atoms with Crippen LogP contribution in [0.3, 0.4) is 0 Å². The van der Waals surface area contributed by atoms with Crippen LogP contribution in [0, 0.1) is 0 Å². The number of nitrogens with zero attached hydrogens (tertiary/aromatic N) is 1. The minimum Gasteiger partial charge on any atom is -0.460 e. The minimum atomic E-state index is -0.353. The van der Waals surface area contributed by atoms with Gasteiger partial charge in [0.2, 0.25) is 0 Å². The number of rotatable bonds is 13. The number of unbranched alkanes of at least 4 members (excludes halogenated alkanes) is 1. The van der Waals surface area contributed by atoms with E-state index in [1.807, 2.05) is 65.6 Å². The highest BCUT2D eigenvalue weighted by atomic mass is 16.5.